The summed E-state index contributed by atoms with van der Waals surface area (Å²) in [6, 6.07) is 0. The van der Waals surface area contributed by atoms with Crippen LogP contribution in [0.25, 0.3) is 0 Å². The predicted molar refractivity (Wildman–Crippen MR) is 59.8 cm³/mol. The van der Waals surface area contributed by atoms with Gasteiger partial charge in [0.25, 0.3) is 0 Å². The first-order valence-corrected chi connectivity index (χ1v) is 4.81. The molecule has 1 aromatic heterocycles. The molecule has 6 nitrogen and oxygen atoms in total. The molecule has 0 aromatic carbocycles. The largest absolute Gasteiger partial charge is 0.481 e. The van der Waals surface area contributed by atoms with E-state index in [1.165, 1.54) is 13.1 Å². The summed E-state index contributed by atoms with van der Waals surface area (Å²) < 4.78 is 0. The molecule has 0 radical (unpaired) electrons. The van der Waals surface area contributed by atoms with Gasteiger partial charge in [-0.05, 0) is 6.92 Å². The van der Waals surface area contributed by atoms with Crippen molar-refractivity contribution in [2.45, 2.75) is 13.3 Å². The number of carboxylic acids is 1. The molecule has 0 bridgehead atoms. The smallest absolute Gasteiger partial charge is 0.315 e. The third kappa shape index (κ3) is 3.16. The fourth-order valence-electron chi connectivity index (χ4n) is 1.11. The number of aliphatic carboxylic acids is 1. The van der Waals surface area contributed by atoms with Crippen LogP contribution >= 0.6 is 11.6 Å². The topological polar surface area (TPSA) is 93.3 Å². The number of carbonyl (C=O) groups is 1. The Kier molecular flexibility index (Phi) is 4.01. The maximum absolute atomic E-state index is 10.7. The summed E-state index contributed by atoms with van der Waals surface area (Å²) in [5, 5.41) is 18.9. The number of nitro groups is 1. The van der Waals surface area contributed by atoms with Crippen LogP contribution in [0.15, 0.2) is 6.20 Å². The van der Waals surface area contributed by atoms with Gasteiger partial charge < -0.3 is 5.11 Å². The summed E-state index contributed by atoms with van der Waals surface area (Å²) in [7, 11) is 0. The van der Waals surface area contributed by atoms with E-state index in [-0.39, 0.29) is 22.8 Å². The van der Waals surface area contributed by atoms with Crippen molar-refractivity contribution in [3.63, 3.8) is 0 Å². The van der Waals surface area contributed by atoms with E-state index in [1.54, 1.807) is 0 Å². The average Bonchev–Trinajstić information content (AvgIpc) is 2.20. The van der Waals surface area contributed by atoms with E-state index >= 15 is 0 Å². The summed E-state index contributed by atoms with van der Waals surface area (Å²) in [5.74, 6) is 3.82. The van der Waals surface area contributed by atoms with Gasteiger partial charge in [0, 0.05) is 11.8 Å². The average molecular weight is 255 g/mol. The SMILES string of the molecule is Cc1c(C#CCC(=O)O)cnc(Cl)c1[N+](=O)[O-]. The molecular weight excluding hydrogens is 248 g/mol. The quantitative estimate of drug-likeness (QED) is 0.376. The minimum atomic E-state index is -1.06. The molecule has 7 heteroatoms. The van der Waals surface area contributed by atoms with E-state index in [2.05, 4.69) is 16.8 Å². The van der Waals surface area contributed by atoms with Gasteiger partial charge in [0.05, 0.1) is 10.5 Å². The number of pyridine rings is 1. The molecule has 0 fully saturated rings. The van der Waals surface area contributed by atoms with Crippen molar-refractivity contribution >= 4 is 23.3 Å². The van der Waals surface area contributed by atoms with Crippen molar-refractivity contribution in [1.82, 2.24) is 4.98 Å². The van der Waals surface area contributed by atoms with Crippen LogP contribution < -0.4 is 0 Å². The molecule has 1 N–H and O–H groups in total. The maximum Gasteiger partial charge on any atom is 0.315 e. The molecule has 0 saturated carbocycles. The van der Waals surface area contributed by atoms with Gasteiger partial charge >= 0.3 is 11.7 Å². The highest BCUT2D eigenvalue weighted by Crippen LogP contribution is 2.27. The lowest BCUT2D eigenvalue weighted by molar-refractivity contribution is -0.385. The molecule has 0 spiro atoms. The Morgan fingerprint density at radius 1 is 1.71 bits per heavy atom. The molecule has 0 aliphatic carbocycles. The predicted octanol–water partition coefficient (Wildman–Crippen LogP) is 1.78. The van der Waals surface area contributed by atoms with E-state index in [1.807, 2.05) is 0 Å². The first-order valence-electron chi connectivity index (χ1n) is 4.43. The van der Waals surface area contributed by atoms with Crippen LogP contribution in [0.5, 0.6) is 0 Å². The number of halogens is 1. The van der Waals surface area contributed by atoms with Crippen LogP contribution in [0.3, 0.4) is 0 Å². The number of hydrogen-bond donors (Lipinski definition) is 1. The molecule has 0 atom stereocenters. The van der Waals surface area contributed by atoms with Crippen molar-refractivity contribution in [2.75, 3.05) is 0 Å². The van der Waals surface area contributed by atoms with Crippen molar-refractivity contribution in [2.24, 2.45) is 0 Å². The molecule has 0 aliphatic heterocycles. The Morgan fingerprint density at radius 3 is 2.88 bits per heavy atom. The number of rotatable bonds is 2. The van der Waals surface area contributed by atoms with Gasteiger partial charge in [0.1, 0.15) is 6.42 Å². The first-order chi connectivity index (χ1) is 7.93. The van der Waals surface area contributed by atoms with Crippen LogP contribution in [-0.2, 0) is 4.79 Å². The fraction of sp³-hybridized carbons (Fsp3) is 0.200. The lowest BCUT2D eigenvalue weighted by Crippen LogP contribution is -1.98. The van der Waals surface area contributed by atoms with Gasteiger partial charge in [-0.25, -0.2) is 4.98 Å². The summed E-state index contributed by atoms with van der Waals surface area (Å²) in [6.07, 6.45) is 0.940. The number of carboxylic acid groups (broad SMARTS) is 1. The van der Waals surface area contributed by atoms with Gasteiger partial charge in [-0.3, -0.25) is 14.9 Å². The zero-order chi connectivity index (χ0) is 13.0. The van der Waals surface area contributed by atoms with E-state index in [4.69, 9.17) is 16.7 Å². The molecule has 0 amide bonds. The Balaban J connectivity index is 3.18. The molecule has 0 saturated heterocycles. The first kappa shape index (κ1) is 12.9. The maximum atomic E-state index is 10.7. The fourth-order valence-corrected chi connectivity index (χ4v) is 1.37. The van der Waals surface area contributed by atoms with Crippen LogP contribution in [0.4, 0.5) is 5.69 Å². The molecule has 0 unspecified atom stereocenters. The second-order valence-electron chi connectivity index (χ2n) is 3.07. The number of hydrogen-bond acceptors (Lipinski definition) is 4. The minimum absolute atomic E-state index is 0.212. The van der Waals surface area contributed by atoms with E-state index in [0.717, 1.165) is 0 Å². The van der Waals surface area contributed by atoms with Crippen LogP contribution in [0, 0.1) is 28.9 Å². The zero-order valence-corrected chi connectivity index (χ0v) is 9.48. The highest BCUT2D eigenvalue weighted by Gasteiger charge is 2.19. The lowest BCUT2D eigenvalue weighted by atomic mass is 10.1. The number of aromatic nitrogens is 1. The monoisotopic (exact) mass is 254 g/mol. The highest BCUT2D eigenvalue weighted by atomic mass is 35.5. The molecule has 1 rings (SSSR count). The van der Waals surface area contributed by atoms with Crippen LogP contribution in [-0.4, -0.2) is 21.0 Å². The second-order valence-corrected chi connectivity index (χ2v) is 3.42. The molecule has 1 heterocycles. The summed E-state index contributed by atoms with van der Waals surface area (Å²) in [6.45, 7) is 1.48. The molecule has 88 valence electrons. The van der Waals surface area contributed by atoms with Crippen molar-refractivity contribution in [3.05, 3.63) is 32.6 Å². The van der Waals surface area contributed by atoms with Gasteiger partial charge in [-0.2, -0.15) is 0 Å². The van der Waals surface area contributed by atoms with E-state index in [0.29, 0.717) is 5.56 Å². The van der Waals surface area contributed by atoms with Gasteiger partial charge in [0.15, 0.2) is 0 Å². The van der Waals surface area contributed by atoms with Gasteiger partial charge in [-0.1, -0.05) is 23.4 Å². The lowest BCUT2D eigenvalue weighted by Gasteiger charge is -2.00. The zero-order valence-electron chi connectivity index (χ0n) is 8.73. The normalized spacial score (nSPS) is 9.29. The Morgan fingerprint density at radius 2 is 2.35 bits per heavy atom. The van der Waals surface area contributed by atoms with E-state index in [9.17, 15) is 14.9 Å². The summed E-state index contributed by atoms with van der Waals surface area (Å²) >= 11 is 5.59. The Labute approximate surface area is 101 Å². The summed E-state index contributed by atoms with van der Waals surface area (Å²) in [4.78, 5) is 24.0. The minimum Gasteiger partial charge on any atom is -0.481 e. The van der Waals surface area contributed by atoms with Crippen molar-refractivity contribution < 1.29 is 14.8 Å². The van der Waals surface area contributed by atoms with Crippen LogP contribution in [0.2, 0.25) is 5.15 Å². The van der Waals surface area contributed by atoms with Crippen LogP contribution in [0.1, 0.15) is 17.5 Å². The highest BCUT2D eigenvalue weighted by molar-refractivity contribution is 6.31. The Hall–Kier alpha value is -2.13. The molecule has 17 heavy (non-hydrogen) atoms. The summed E-state index contributed by atoms with van der Waals surface area (Å²) in [5.41, 5.74) is 0.254. The van der Waals surface area contributed by atoms with Gasteiger partial charge in [0.2, 0.25) is 5.15 Å². The van der Waals surface area contributed by atoms with Gasteiger partial charge in [-0.15, -0.1) is 0 Å². The molecule has 1 aromatic rings. The standard InChI is InChI=1S/C10H7ClN2O4/c1-6-7(3-2-4-8(14)15)5-12-10(11)9(6)13(16)17/h5H,4H2,1H3,(H,14,15). The Bertz CT molecular complexity index is 545. The van der Waals surface area contributed by atoms with E-state index < -0.39 is 10.9 Å². The third-order valence-corrected chi connectivity index (χ3v) is 2.18. The molecule has 0 aliphatic rings. The number of nitrogens with zero attached hydrogens (tertiary/aromatic N) is 2. The van der Waals surface area contributed by atoms with Crippen molar-refractivity contribution in [1.29, 1.82) is 0 Å². The molecular formula is C10H7ClN2O4. The third-order valence-electron chi connectivity index (χ3n) is 1.91. The van der Waals surface area contributed by atoms with Crippen molar-refractivity contribution in [3.8, 4) is 11.8 Å². The second kappa shape index (κ2) is 5.27.